The van der Waals surface area contributed by atoms with Crippen LogP contribution in [0.1, 0.15) is 47.2 Å². The van der Waals surface area contributed by atoms with Gasteiger partial charge in [0.1, 0.15) is 12.0 Å². The Kier molecular flexibility index (Phi) is 4.73. The van der Waals surface area contributed by atoms with Crippen molar-refractivity contribution < 1.29 is 4.79 Å². The van der Waals surface area contributed by atoms with Gasteiger partial charge in [0.2, 0.25) is 0 Å². The molecule has 1 aliphatic heterocycles. The van der Waals surface area contributed by atoms with E-state index in [2.05, 4.69) is 27.3 Å². The van der Waals surface area contributed by atoms with Crippen LogP contribution >= 0.6 is 0 Å². The molecular weight excluding hydrogens is 326 g/mol. The highest BCUT2D eigenvalue weighted by Crippen LogP contribution is 2.31. The largest absolute Gasteiger partial charge is 0.327 e. The van der Waals surface area contributed by atoms with Gasteiger partial charge in [-0.15, -0.1) is 10.2 Å². The molecule has 3 aromatic rings. The van der Waals surface area contributed by atoms with Crippen LogP contribution in [0.4, 0.5) is 0 Å². The lowest BCUT2D eigenvalue weighted by Gasteiger charge is -2.35. The monoisotopic (exact) mass is 347 g/mol. The lowest BCUT2D eigenvalue weighted by Crippen LogP contribution is -2.40. The molecule has 0 bridgehead atoms. The number of hydrogen-bond donors (Lipinski definition) is 0. The third-order valence-corrected chi connectivity index (χ3v) is 4.79. The Morgan fingerprint density at radius 3 is 2.73 bits per heavy atom. The summed E-state index contributed by atoms with van der Waals surface area (Å²) in [6.45, 7) is 1.42. The van der Waals surface area contributed by atoms with E-state index in [4.69, 9.17) is 0 Å². The van der Waals surface area contributed by atoms with Gasteiger partial charge in [-0.05, 0) is 37.0 Å². The minimum absolute atomic E-state index is 0.0374. The fourth-order valence-electron chi connectivity index (χ4n) is 3.50. The van der Waals surface area contributed by atoms with E-state index >= 15 is 0 Å². The number of nitrogens with zero attached hydrogens (tertiary/aromatic N) is 5. The third-order valence-electron chi connectivity index (χ3n) is 4.79. The molecule has 0 radical (unpaired) electrons. The van der Waals surface area contributed by atoms with Crippen LogP contribution in [0.5, 0.6) is 0 Å². The van der Waals surface area contributed by atoms with E-state index in [1.54, 1.807) is 18.6 Å². The second-order valence-electron chi connectivity index (χ2n) is 6.53. The highest BCUT2D eigenvalue weighted by Gasteiger charge is 2.32. The van der Waals surface area contributed by atoms with Crippen LogP contribution in [0.2, 0.25) is 0 Å². The highest BCUT2D eigenvalue weighted by molar-refractivity contribution is 5.92. The van der Waals surface area contributed by atoms with Crippen LogP contribution in [0.25, 0.3) is 0 Å². The second-order valence-corrected chi connectivity index (χ2v) is 6.53. The molecule has 0 spiro atoms. The van der Waals surface area contributed by atoms with Crippen molar-refractivity contribution >= 4 is 5.91 Å². The molecule has 26 heavy (non-hydrogen) atoms. The van der Waals surface area contributed by atoms with E-state index in [9.17, 15) is 4.79 Å². The Labute approximate surface area is 152 Å². The van der Waals surface area contributed by atoms with Crippen LogP contribution < -0.4 is 0 Å². The zero-order chi connectivity index (χ0) is 17.8. The maximum atomic E-state index is 13.0. The first-order chi connectivity index (χ1) is 12.8. The van der Waals surface area contributed by atoms with E-state index < -0.39 is 0 Å². The summed E-state index contributed by atoms with van der Waals surface area (Å²) >= 11 is 0. The fraction of sp³-hybridized carbons (Fsp3) is 0.300. The number of piperidine rings is 1. The Hall–Kier alpha value is -3.02. The molecular formula is C20H21N5O. The van der Waals surface area contributed by atoms with Gasteiger partial charge in [-0.3, -0.25) is 9.78 Å². The van der Waals surface area contributed by atoms with Crippen LogP contribution in [0.15, 0.2) is 61.1 Å². The fourth-order valence-corrected chi connectivity index (χ4v) is 3.50. The topological polar surface area (TPSA) is 63.9 Å². The van der Waals surface area contributed by atoms with Crippen molar-refractivity contribution in [2.45, 2.75) is 31.8 Å². The maximum absolute atomic E-state index is 13.0. The van der Waals surface area contributed by atoms with E-state index in [0.717, 1.165) is 31.6 Å². The summed E-state index contributed by atoms with van der Waals surface area (Å²) in [6, 6.07) is 15.6. The molecule has 4 rings (SSSR count). The smallest absolute Gasteiger partial charge is 0.273 e. The zero-order valence-corrected chi connectivity index (χ0v) is 14.5. The molecule has 3 heterocycles. The average molecular weight is 347 g/mol. The first-order valence-corrected chi connectivity index (χ1v) is 8.96. The number of aromatic nitrogens is 4. The molecule has 0 saturated carbocycles. The summed E-state index contributed by atoms with van der Waals surface area (Å²) in [7, 11) is 0. The van der Waals surface area contributed by atoms with Crippen LogP contribution in [0.3, 0.4) is 0 Å². The summed E-state index contributed by atoms with van der Waals surface area (Å²) in [4.78, 5) is 19.1. The van der Waals surface area contributed by atoms with Gasteiger partial charge in [0.25, 0.3) is 5.91 Å². The van der Waals surface area contributed by atoms with Gasteiger partial charge in [0.05, 0.1) is 12.6 Å². The van der Waals surface area contributed by atoms with Gasteiger partial charge in [0, 0.05) is 12.7 Å². The molecule has 0 N–H and O–H groups in total. The lowest BCUT2D eigenvalue weighted by molar-refractivity contribution is 0.0589. The van der Waals surface area contributed by atoms with E-state index in [1.165, 1.54) is 5.56 Å². The second kappa shape index (κ2) is 7.47. The Balaban J connectivity index is 1.61. The lowest BCUT2D eigenvalue weighted by atomic mass is 10.0. The Morgan fingerprint density at radius 1 is 1.08 bits per heavy atom. The number of likely N-dealkylation sites (tertiary alicyclic amines) is 1. The predicted octanol–water partition coefficient (Wildman–Crippen LogP) is 3.09. The van der Waals surface area contributed by atoms with Crippen molar-refractivity contribution in [3.05, 3.63) is 78.1 Å². The molecule has 0 unspecified atom stereocenters. The van der Waals surface area contributed by atoms with E-state index in [0.29, 0.717) is 12.2 Å². The summed E-state index contributed by atoms with van der Waals surface area (Å²) in [5.74, 6) is 0.808. The van der Waals surface area contributed by atoms with Gasteiger partial charge in [-0.2, -0.15) is 0 Å². The molecule has 1 amide bonds. The quantitative estimate of drug-likeness (QED) is 0.727. The minimum Gasteiger partial charge on any atom is -0.327 e. The molecule has 2 aromatic heterocycles. The number of carbonyl (C=O) groups excluding carboxylic acids is 1. The van der Waals surface area contributed by atoms with Crippen molar-refractivity contribution in [3.63, 3.8) is 0 Å². The van der Waals surface area contributed by atoms with E-state index in [1.807, 2.05) is 39.8 Å². The molecule has 1 atom stereocenters. The van der Waals surface area contributed by atoms with Crippen molar-refractivity contribution in [2.24, 2.45) is 0 Å². The number of pyridine rings is 1. The minimum atomic E-state index is -0.0653. The normalized spacial score (nSPS) is 17.2. The van der Waals surface area contributed by atoms with Gasteiger partial charge < -0.3 is 9.47 Å². The number of amides is 1. The van der Waals surface area contributed by atoms with Crippen molar-refractivity contribution in [2.75, 3.05) is 6.54 Å². The van der Waals surface area contributed by atoms with Gasteiger partial charge >= 0.3 is 0 Å². The van der Waals surface area contributed by atoms with Gasteiger partial charge in [0.15, 0.2) is 5.82 Å². The molecule has 1 fully saturated rings. The molecule has 132 valence electrons. The predicted molar refractivity (Wildman–Crippen MR) is 97.4 cm³/mol. The zero-order valence-electron chi connectivity index (χ0n) is 14.5. The third kappa shape index (κ3) is 3.35. The van der Waals surface area contributed by atoms with Crippen molar-refractivity contribution in [1.82, 2.24) is 24.6 Å². The number of benzene rings is 1. The summed E-state index contributed by atoms with van der Waals surface area (Å²) in [5.41, 5.74) is 1.67. The maximum Gasteiger partial charge on any atom is 0.273 e. The Bertz CT molecular complexity index is 862. The standard InChI is InChI=1S/C20H21N5O/c26-20(17-10-4-6-12-21-17)25-13-7-5-11-18(25)19-23-22-15-24(19)14-16-8-2-1-3-9-16/h1-4,6,8-10,12,15,18H,5,7,11,13-14H2/t18-/m0/s1. The number of carbonyl (C=O) groups is 1. The first kappa shape index (κ1) is 16.4. The molecule has 1 saturated heterocycles. The number of rotatable bonds is 4. The molecule has 0 aliphatic carbocycles. The SMILES string of the molecule is O=C(c1ccccn1)N1CCCC[C@H]1c1nncn1Cc1ccccc1. The van der Waals surface area contributed by atoms with Crippen molar-refractivity contribution in [1.29, 1.82) is 0 Å². The molecule has 6 nitrogen and oxygen atoms in total. The summed E-state index contributed by atoms with van der Waals surface area (Å²) in [6.07, 6.45) is 6.38. The summed E-state index contributed by atoms with van der Waals surface area (Å²) < 4.78 is 2.05. The first-order valence-electron chi connectivity index (χ1n) is 8.96. The molecule has 1 aliphatic rings. The molecule has 6 heteroatoms. The average Bonchev–Trinajstić information content (AvgIpc) is 3.17. The van der Waals surface area contributed by atoms with Gasteiger partial charge in [-0.25, -0.2) is 0 Å². The van der Waals surface area contributed by atoms with Crippen LogP contribution in [0, 0.1) is 0 Å². The Morgan fingerprint density at radius 2 is 1.92 bits per heavy atom. The highest BCUT2D eigenvalue weighted by atomic mass is 16.2. The van der Waals surface area contributed by atoms with E-state index in [-0.39, 0.29) is 11.9 Å². The number of hydrogen-bond acceptors (Lipinski definition) is 4. The van der Waals surface area contributed by atoms with Crippen molar-refractivity contribution in [3.8, 4) is 0 Å². The summed E-state index contributed by atoms with van der Waals surface area (Å²) in [5, 5.41) is 8.48. The van der Waals surface area contributed by atoms with Crippen LogP contribution in [-0.2, 0) is 6.54 Å². The van der Waals surface area contributed by atoms with Gasteiger partial charge in [-0.1, -0.05) is 36.4 Å². The van der Waals surface area contributed by atoms with Crippen LogP contribution in [-0.4, -0.2) is 37.1 Å². The molecule has 1 aromatic carbocycles.